The van der Waals surface area contributed by atoms with E-state index in [1.165, 1.54) is 5.56 Å². The van der Waals surface area contributed by atoms with Gasteiger partial charge in [0, 0.05) is 12.6 Å². The predicted octanol–water partition coefficient (Wildman–Crippen LogP) is 3.48. The SMILES string of the molecule is CC(C)NC(=O)N1CCc2cc3c(cc2C1c1ccccc1)OCO3. The molecular formula is C20H22N2O3. The van der Waals surface area contributed by atoms with E-state index in [-0.39, 0.29) is 24.9 Å². The van der Waals surface area contributed by atoms with Crippen LogP contribution in [0.5, 0.6) is 11.5 Å². The maximum atomic E-state index is 12.8. The van der Waals surface area contributed by atoms with E-state index < -0.39 is 0 Å². The molecule has 2 aromatic carbocycles. The van der Waals surface area contributed by atoms with Gasteiger partial charge in [0.25, 0.3) is 0 Å². The van der Waals surface area contributed by atoms with Crippen molar-refractivity contribution in [1.29, 1.82) is 0 Å². The minimum atomic E-state index is -0.127. The lowest BCUT2D eigenvalue weighted by atomic mass is 9.88. The summed E-state index contributed by atoms with van der Waals surface area (Å²) in [5.41, 5.74) is 3.42. The zero-order valence-electron chi connectivity index (χ0n) is 14.5. The molecule has 5 nitrogen and oxygen atoms in total. The summed E-state index contributed by atoms with van der Waals surface area (Å²) in [5, 5.41) is 3.03. The van der Waals surface area contributed by atoms with Crippen LogP contribution in [0.25, 0.3) is 0 Å². The Hall–Kier alpha value is -2.69. The number of benzene rings is 2. The second kappa shape index (κ2) is 6.31. The average Bonchev–Trinajstić information content (AvgIpc) is 3.06. The number of urea groups is 1. The van der Waals surface area contributed by atoms with Gasteiger partial charge in [0.05, 0.1) is 6.04 Å². The molecule has 1 atom stereocenters. The average molecular weight is 338 g/mol. The number of nitrogens with zero attached hydrogens (tertiary/aromatic N) is 1. The monoisotopic (exact) mass is 338 g/mol. The van der Waals surface area contributed by atoms with Crippen LogP contribution in [0.2, 0.25) is 0 Å². The van der Waals surface area contributed by atoms with Gasteiger partial charge in [-0.1, -0.05) is 30.3 Å². The van der Waals surface area contributed by atoms with Gasteiger partial charge in [-0.2, -0.15) is 0 Å². The Kier molecular flexibility index (Phi) is 3.99. The summed E-state index contributed by atoms with van der Waals surface area (Å²) in [6.07, 6.45) is 0.806. The lowest BCUT2D eigenvalue weighted by Gasteiger charge is -2.38. The fourth-order valence-corrected chi connectivity index (χ4v) is 3.55. The molecule has 2 aliphatic heterocycles. The number of amides is 2. The predicted molar refractivity (Wildman–Crippen MR) is 94.9 cm³/mol. The summed E-state index contributed by atoms with van der Waals surface area (Å²) in [6, 6.07) is 14.2. The molecule has 0 bridgehead atoms. The van der Waals surface area contributed by atoms with Crippen LogP contribution in [0.4, 0.5) is 4.79 Å². The first kappa shape index (κ1) is 15.8. The third kappa shape index (κ3) is 2.90. The van der Waals surface area contributed by atoms with Crippen LogP contribution in [-0.4, -0.2) is 30.3 Å². The zero-order valence-corrected chi connectivity index (χ0v) is 14.5. The summed E-state index contributed by atoms with van der Waals surface area (Å²) in [5.74, 6) is 1.55. The molecule has 0 spiro atoms. The highest BCUT2D eigenvalue weighted by atomic mass is 16.7. The molecule has 0 aromatic heterocycles. The zero-order chi connectivity index (χ0) is 17.4. The van der Waals surface area contributed by atoms with E-state index in [0.29, 0.717) is 6.54 Å². The first-order valence-electron chi connectivity index (χ1n) is 8.68. The van der Waals surface area contributed by atoms with Crippen molar-refractivity contribution in [2.75, 3.05) is 13.3 Å². The molecule has 0 saturated heterocycles. The van der Waals surface area contributed by atoms with Gasteiger partial charge in [0.15, 0.2) is 11.5 Å². The first-order chi connectivity index (χ1) is 12.1. The van der Waals surface area contributed by atoms with Crippen molar-refractivity contribution in [3.63, 3.8) is 0 Å². The third-order valence-electron chi connectivity index (χ3n) is 4.65. The van der Waals surface area contributed by atoms with Gasteiger partial charge in [-0.3, -0.25) is 0 Å². The fraction of sp³-hybridized carbons (Fsp3) is 0.350. The van der Waals surface area contributed by atoms with Gasteiger partial charge >= 0.3 is 6.03 Å². The summed E-state index contributed by atoms with van der Waals surface area (Å²) >= 11 is 0. The topological polar surface area (TPSA) is 50.8 Å². The lowest BCUT2D eigenvalue weighted by molar-refractivity contribution is 0.173. The van der Waals surface area contributed by atoms with Crippen molar-refractivity contribution < 1.29 is 14.3 Å². The molecule has 0 fully saturated rings. The van der Waals surface area contributed by atoms with E-state index in [1.807, 2.05) is 43.0 Å². The summed E-state index contributed by atoms with van der Waals surface area (Å²) in [7, 11) is 0. The molecule has 2 heterocycles. The molecule has 25 heavy (non-hydrogen) atoms. The normalized spacial score (nSPS) is 18.2. The molecule has 0 saturated carbocycles. The number of nitrogens with one attached hydrogen (secondary N) is 1. The Morgan fingerprint density at radius 2 is 1.88 bits per heavy atom. The Morgan fingerprint density at radius 3 is 2.60 bits per heavy atom. The minimum absolute atomic E-state index is 0.0350. The smallest absolute Gasteiger partial charge is 0.318 e. The van der Waals surface area contributed by atoms with Crippen LogP contribution in [0.15, 0.2) is 42.5 Å². The maximum Gasteiger partial charge on any atom is 0.318 e. The maximum absolute atomic E-state index is 12.8. The van der Waals surface area contributed by atoms with Crippen LogP contribution in [0, 0.1) is 0 Å². The number of carbonyl (C=O) groups excluding carboxylic acids is 1. The molecule has 130 valence electrons. The minimum Gasteiger partial charge on any atom is -0.454 e. The van der Waals surface area contributed by atoms with Gasteiger partial charge in [0.2, 0.25) is 6.79 Å². The van der Waals surface area contributed by atoms with E-state index in [2.05, 4.69) is 23.5 Å². The van der Waals surface area contributed by atoms with Crippen molar-refractivity contribution >= 4 is 6.03 Å². The molecule has 5 heteroatoms. The molecule has 1 unspecified atom stereocenters. The molecule has 4 rings (SSSR count). The molecular weight excluding hydrogens is 316 g/mol. The third-order valence-corrected chi connectivity index (χ3v) is 4.65. The van der Waals surface area contributed by atoms with Crippen molar-refractivity contribution in [2.45, 2.75) is 32.4 Å². The van der Waals surface area contributed by atoms with Crippen LogP contribution in [0.3, 0.4) is 0 Å². The summed E-state index contributed by atoms with van der Waals surface area (Å²) in [4.78, 5) is 14.7. The molecule has 0 aliphatic carbocycles. The molecule has 2 aliphatic rings. The van der Waals surface area contributed by atoms with E-state index in [4.69, 9.17) is 9.47 Å². The van der Waals surface area contributed by atoms with Crippen LogP contribution in [-0.2, 0) is 6.42 Å². The number of hydrogen-bond acceptors (Lipinski definition) is 3. The highest BCUT2D eigenvalue weighted by Gasteiger charge is 2.34. The molecule has 0 radical (unpaired) electrons. The quantitative estimate of drug-likeness (QED) is 0.912. The van der Waals surface area contributed by atoms with Crippen molar-refractivity contribution in [1.82, 2.24) is 10.2 Å². The van der Waals surface area contributed by atoms with Crippen molar-refractivity contribution in [3.8, 4) is 11.5 Å². The second-order valence-electron chi connectivity index (χ2n) is 6.77. The highest BCUT2D eigenvalue weighted by Crippen LogP contribution is 2.42. The Labute approximate surface area is 147 Å². The van der Waals surface area contributed by atoms with Crippen LogP contribution >= 0.6 is 0 Å². The Balaban J connectivity index is 1.79. The van der Waals surface area contributed by atoms with Crippen LogP contribution in [0.1, 0.15) is 36.6 Å². The number of rotatable bonds is 2. The van der Waals surface area contributed by atoms with Gasteiger partial charge in [-0.15, -0.1) is 0 Å². The van der Waals surface area contributed by atoms with Gasteiger partial charge in [0.1, 0.15) is 0 Å². The molecule has 1 N–H and O–H groups in total. The lowest BCUT2D eigenvalue weighted by Crippen LogP contribution is -2.47. The number of ether oxygens (including phenoxy) is 2. The largest absolute Gasteiger partial charge is 0.454 e. The van der Waals surface area contributed by atoms with E-state index in [1.54, 1.807) is 0 Å². The number of fused-ring (bicyclic) bond motifs is 2. The van der Waals surface area contributed by atoms with Crippen molar-refractivity contribution in [3.05, 3.63) is 59.2 Å². The van der Waals surface area contributed by atoms with Crippen molar-refractivity contribution in [2.24, 2.45) is 0 Å². The van der Waals surface area contributed by atoms with Crippen LogP contribution < -0.4 is 14.8 Å². The summed E-state index contributed by atoms with van der Waals surface area (Å²) < 4.78 is 11.1. The molecule has 2 amide bonds. The molecule has 2 aromatic rings. The van der Waals surface area contributed by atoms with E-state index >= 15 is 0 Å². The summed E-state index contributed by atoms with van der Waals surface area (Å²) in [6.45, 7) is 4.88. The van der Waals surface area contributed by atoms with Gasteiger partial charge in [-0.25, -0.2) is 4.79 Å². The first-order valence-corrected chi connectivity index (χ1v) is 8.68. The van der Waals surface area contributed by atoms with E-state index in [9.17, 15) is 4.79 Å². The highest BCUT2D eigenvalue weighted by molar-refractivity contribution is 5.76. The number of hydrogen-bond donors (Lipinski definition) is 1. The van der Waals surface area contributed by atoms with E-state index in [0.717, 1.165) is 29.0 Å². The standard InChI is InChI=1S/C20H22N2O3/c1-13(2)21-20(23)22-9-8-15-10-17-18(25-12-24-17)11-16(15)19(22)14-6-4-3-5-7-14/h3-7,10-11,13,19H,8-9,12H2,1-2H3,(H,21,23). The second-order valence-corrected chi connectivity index (χ2v) is 6.77. The Morgan fingerprint density at radius 1 is 1.16 bits per heavy atom. The van der Waals surface area contributed by atoms with Gasteiger partial charge < -0.3 is 19.7 Å². The van der Waals surface area contributed by atoms with Gasteiger partial charge in [-0.05, 0) is 49.1 Å². The fourth-order valence-electron chi connectivity index (χ4n) is 3.55. The number of carbonyl (C=O) groups is 1. The Bertz CT molecular complexity index is 789.